The highest BCUT2D eigenvalue weighted by Crippen LogP contribution is 2.38. The number of benzene rings is 2. The van der Waals surface area contributed by atoms with Crippen molar-refractivity contribution in [2.24, 2.45) is 37.8 Å². The highest BCUT2D eigenvalue weighted by Gasteiger charge is 2.42. The summed E-state index contributed by atoms with van der Waals surface area (Å²) < 4.78 is 19.6. The molecule has 22 nitrogen and oxygen atoms in total. The van der Waals surface area contributed by atoms with E-state index < -0.39 is 34.1 Å². The molecule has 8 heterocycles. The molecular formula is C65H79BrCl4N16O6Si2. The molecule has 4 amide bonds. The van der Waals surface area contributed by atoms with Crippen molar-refractivity contribution >= 4 is 146 Å². The largest absolute Gasteiger partial charge is 0.361 e. The minimum absolute atomic E-state index is 0.00382. The summed E-state index contributed by atoms with van der Waals surface area (Å²) in [6.45, 7) is 19.6. The summed E-state index contributed by atoms with van der Waals surface area (Å²) in [7, 11) is 1.20. The first-order valence-corrected chi connectivity index (χ1v) is 41.5. The summed E-state index contributed by atoms with van der Waals surface area (Å²) in [5.74, 6) is -0.664. The first-order chi connectivity index (χ1) is 44.7. The van der Waals surface area contributed by atoms with Crippen LogP contribution in [-0.4, -0.2) is 150 Å². The van der Waals surface area contributed by atoms with Gasteiger partial charge in [-0.05, 0) is 122 Å². The Kier molecular flexibility index (Phi) is 22.3. The van der Waals surface area contributed by atoms with Crippen molar-refractivity contribution in [1.29, 1.82) is 10.5 Å². The molecule has 0 bridgehead atoms. The molecule has 2 aliphatic heterocycles. The average molecular weight is 1460 g/mol. The zero-order valence-electron chi connectivity index (χ0n) is 54.4. The van der Waals surface area contributed by atoms with Gasteiger partial charge in [-0.1, -0.05) is 85.7 Å². The van der Waals surface area contributed by atoms with E-state index in [1.165, 1.54) is 0 Å². The Morgan fingerprint density at radius 2 is 1.03 bits per heavy atom. The van der Waals surface area contributed by atoms with Crippen molar-refractivity contribution < 1.29 is 28.7 Å². The predicted octanol–water partition coefficient (Wildman–Crippen LogP) is 12.8. The van der Waals surface area contributed by atoms with Crippen LogP contribution >= 0.6 is 62.3 Å². The third-order valence-corrected chi connectivity index (χ3v) is 22.8. The van der Waals surface area contributed by atoms with Crippen molar-refractivity contribution in [3.8, 4) is 23.5 Å². The summed E-state index contributed by atoms with van der Waals surface area (Å²) in [6, 6.07) is 12.7. The number of carbonyl (C=O) groups is 4. The third-order valence-electron chi connectivity index (χ3n) is 17.5. The number of nitriles is 2. The number of aryl methyl sites for hydroxylation is 3. The van der Waals surface area contributed by atoms with Crippen molar-refractivity contribution in [2.75, 3.05) is 39.4 Å². The van der Waals surface area contributed by atoms with E-state index in [0.29, 0.717) is 135 Å². The van der Waals surface area contributed by atoms with Gasteiger partial charge in [0.15, 0.2) is 11.3 Å². The second-order valence-electron chi connectivity index (χ2n) is 27.3. The normalized spacial score (nSPS) is 16.3. The lowest BCUT2D eigenvalue weighted by Crippen LogP contribution is -2.51. The van der Waals surface area contributed by atoms with Gasteiger partial charge in [-0.3, -0.25) is 28.5 Å². The van der Waals surface area contributed by atoms with Crippen LogP contribution in [0.2, 0.25) is 71.5 Å². The first kappa shape index (κ1) is 70.3. The van der Waals surface area contributed by atoms with Gasteiger partial charge in [-0.15, -0.1) is 0 Å². The average Bonchev–Trinajstić information content (AvgIpc) is 1.62. The van der Waals surface area contributed by atoms with Gasteiger partial charge >= 0.3 is 0 Å². The number of nitrogens with one attached hydrogen (secondary N) is 2. The second-order valence-corrected chi connectivity index (χ2v) is 41.0. The van der Waals surface area contributed by atoms with Crippen LogP contribution in [0.25, 0.3) is 55.5 Å². The molecule has 29 heteroatoms. The number of fused-ring (bicyclic) bond motifs is 4. The molecular weight excluding hydrogens is 1380 g/mol. The lowest BCUT2D eigenvalue weighted by atomic mass is 9.97. The number of hydrogen-bond acceptors (Lipinski definition) is 14. The predicted molar refractivity (Wildman–Crippen MR) is 374 cm³/mol. The number of halogens is 5. The lowest BCUT2D eigenvalue weighted by Gasteiger charge is -2.32. The van der Waals surface area contributed by atoms with Gasteiger partial charge in [0, 0.05) is 105 Å². The van der Waals surface area contributed by atoms with Crippen LogP contribution in [0, 0.1) is 53.3 Å². The summed E-state index contributed by atoms with van der Waals surface area (Å²) in [6.07, 6.45) is 12.9. The molecule has 6 aromatic heterocycles. The molecule has 2 saturated heterocycles. The summed E-state index contributed by atoms with van der Waals surface area (Å²) in [4.78, 5) is 76.6. The fraction of sp³-hybridized carbons (Fsp3) is 0.508. The van der Waals surface area contributed by atoms with Crippen molar-refractivity contribution in [3.63, 3.8) is 0 Å². The van der Waals surface area contributed by atoms with E-state index >= 15 is 0 Å². The van der Waals surface area contributed by atoms with E-state index in [4.69, 9.17) is 71.1 Å². The molecule has 0 spiro atoms. The van der Waals surface area contributed by atoms with Gasteiger partial charge in [0.1, 0.15) is 52.6 Å². The Balaban J connectivity index is 0.000000176. The molecule has 4 fully saturated rings. The fourth-order valence-electron chi connectivity index (χ4n) is 11.6. The Hall–Kier alpha value is -6.53. The van der Waals surface area contributed by atoms with Gasteiger partial charge < -0.3 is 39.0 Å². The zero-order chi connectivity index (χ0) is 67.5. The van der Waals surface area contributed by atoms with Gasteiger partial charge in [-0.25, -0.2) is 19.9 Å². The third kappa shape index (κ3) is 17.0. The number of aromatic nitrogens is 10. The summed E-state index contributed by atoms with van der Waals surface area (Å²) >= 11 is 27.8. The number of amides is 4. The summed E-state index contributed by atoms with van der Waals surface area (Å²) in [5.41, 5.74) is 6.40. The Bertz CT molecular complexity index is 4200. The van der Waals surface area contributed by atoms with E-state index in [-0.39, 0.29) is 54.9 Å². The standard InChI is InChI=1S/C32H38Cl2N8O3Si.C24H33BrN6O3Si.C9H8Cl2N2/c1-40-26-14-24(34)23(33)13-21(26)28(39-40)25-16-36-30-29(37-25)22(17-42(30)18-45-11-12-46(2,3)4)31(43)38-27(20-5-6-20)32(44)41-9-7-19(15-35)8-10-41;1-35(2,3)11-10-34-15-31-14-18(21-22(31)27-13-19(25)28-21)23(32)29-20(17-4-5-17)24(33)30-8-6-16(12-26)7-9-30;1-5-6-3-7(10)8(11)4-9(6)13(2)12-5/h13-14,16-17,19-20,27H,5-12,18H2,1-4H3,(H,38,43);13-14,16-17,20H,4-11,15H2,1-3H3,(H,29,32);3-4H,1-2H3/t27-;20-;/m11./s1. The van der Waals surface area contributed by atoms with Crippen LogP contribution in [0.1, 0.15) is 77.8 Å². The second kappa shape index (κ2) is 29.9. The maximum Gasteiger partial charge on any atom is 0.255 e. The van der Waals surface area contributed by atoms with Crippen molar-refractivity contribution in [2.45, 2.75) is 135 Å². The molecule has 2 aromatic carbocycles. The number of carbonyl (C=O) groups excluding carboxylic acids is 4. The van der Waals surface area contributed by atoms with E-state index in [2.05, 4.69) is 98.1 Å². The number of piperidine rings is 2. The van der Waals surface area contributed by atoms with E-state index in [9.17, 15) is 24.4 Å². The molecule has 0 unspecified atom stereocenters. The van der Waals surface area contributed by atoms with Crippen LogP contribution in [0.4, 0.5) is 0 Å². The van der Waals surface area contributed by atoms with E-state index in [1.807, 2.05) is 33.2 Å². The molecule has 12 rings (SSSR count). The molecule has 94 heavy (non-hydrogen) atoms. The topological polar surface area (TPSA) is 262 Å². The SMILES string of the molecule is C[Si](C)(C)CCOCn1cc(C(=O)N[C@@H](C(=O)N2CCC(C#N)CC2)C2CC2)c2nc(Br)cnc21.Cc1nn(C)c2cc(Cl)c(Cl)cc12.Cn1nc(-c2cnc3c(n2)c(C(=O)N[C@@H](C(=O)N2CCC(C#N)CC2)C2CC2)cn3COCC[Si](C)(C)C)c2cc(Cl)c(Cl)cc21. The highest BCUT2D eigenvalue weighted by atomic mass is 79.9. The minimum Gasteiger partial charge on any atom is -0.361 e. The maximum atomic E-state index is 14.0. The molecule has 2 saturated carbocycles. The van der Waals surface area contributed by atoms with E-state index in [0.717, 1.165) is 65.3 Å². The van der Waals surface area contributed by atoms with Crippen molar-refractivity contribution in [1.82, 2.24) is 69.1 Å². The van der Waals surface area contributed by atoms with Crippen LogP contribution in [0.3, 0.4) is 0 Å². The quantitative estimate of drug-likeness (QED) is 0.0563. The van der Waals surface area contributed by atoms with Crippen molar-refractivity contribution in [3.05, 3.63) is 90.6 Å². The molecule has 2 atom stereocenters. The molecule has 498 valence electrons. The van der Waals surface area contributed by atoms with E-state index in [1.54, 1.807) is 65.2 Å². The van der Waals surface area contributed by atoms with Crippen LogP contribution in [0.5, 0.6) is 0 Å². The van der Waals surface area contributed by atoms with Crippen LogP contribution in [-0.2, 0) is 46.6 Å². The molecule has 8 aromatic rings. The number of ether oxygens (including phenoxy) is 2. The summed E-state index contributed by atoms with van der Waals surface area (Å²) in [5, 5.41) is 37.2. The lowest BCUT2D eigenvalue weighted by molar-refractivity contribution is -0.135. The monoisotopic (exact) mass is 1450 g/mol. The van der Waals surface area contributed by atoms with Crippen LogP contribution in [0.15, 0.2) is 53.7 Å². The highest BCUT2D eigenvalue weighted by molar-refractivity contribution is 9.10. The Labute approximate surface area is 577 Å². The minimum atomic E-state index is -1.29. The van der Waals surface area contributed by atoms with Gasteiger partial charge in [0.25, 0.3) is 11.8 Å². The number of hydrogen-bond donors (Lipinski definition) is 2. The van der Waals surface area contributed by atoms with Crippen LogP contribution < -0.4 is 10.6 Å². The number of likely N-dealkylation sites (tertiary alicyclic amines) is 2. The Morgan fingerprint density at radius 3 is 1.48 bits per heavy atom. The first-order valence-electron chi connectivity index (χ1n) is 31.8. The van der Waals surface area contributed by atoms with Gasteiger partial charge in [0.05, 0.1) is 72.5 Å². The maximum absolute atomic E-state index is 14.0. The fourth-order valence-corrected chi connectivity index (χ4v) is 14.0. The smallest absolute Gasteiger partial charge is 0.255 e. The van der Waals surface area contributed by atoms with Gasteiger partial charge in [0.2, 0.25) is 11.8 Å². The molecule has 4 aliphatic rings. The Morgan fingerprint density at radius 1 is 0.617 bits per heavy atom. The molecule has 2 aliphatic carbocycles. The zero-order valence-corrected chi connectivity index (χ0v) is 61.0. The molecule has 2 N–H and O–H groups in total. The molecule has 0 radical (unpaired) electrons. The number of rotatable bonds is 19. The number of nitrogens with zero attached hydrogens (tertiary/aromatic N) is 14. The van der Waals surface area contributed by atoms with Gasteiger partial charge in [-0.2, -0.15) is 20.7 Å².